The second-order valence-electron chi connectivity index (χ2n) is 3.57. The van der Waals surface area contributed by atoms with E-state index in [0.717, 1.165) is 0 Å². The molecule has 0 fully saturated rings. The van der Waals surface area contributed by atoms with Gasteiger partial charge in [-0.3, -0.25) is 4.90 Å². The Morgan fingerprint density at radius 3 is 2.07 bits per heavy atom. The zero-order valence-electron chi connectivity index (χ0n) is 9.13. The smallest absolute Gasteiger partial charge is 0.0558 e. The molecule has 0 saturated carbocycles. The van der Waals surface area contributed by atoms with E-state index in [9.17, 15) is 0 Å². The van der Waals surface area contributed by atoms with Crippen molar-refractivity contribution in [2.45, 2.75) is 13.0 Å². The zero-order chi connectivity index (χ0) is 11.1. The summed E-state index contributed by atoms with van der Waals surface area (Å²) in [6, 6.07) is 10.3. The number of nitrogens with zero attached hydrogens (tertiary/aromatic N) is 1. The van der Waals surface area contributed by atoms with E-state index < -0.39 is 0 Å². The van der Waals surface area contributed by atoms with Crippen molar-refractivity contribution in [1.29, 1.82) is 0 Å². The fraction of sp³-hybridized carbons (Fsp3) is 0.500. The van der Waals surface area contributed by atoms with Gasteiger partial charge < -0.3 is 10.2 Å². The summed E-state index contributed by atoms with van der Waals surface area (Å²) >= 11 is 0. The molecule has 15 heavy (non-hydrogen) atoms. The van der Waals surface area contributed by atoms with Crippen LogP contribution in [-0.2, 0) is 0 Å². The molecular formula is C12H19NO2. The van der Waals surface area contributed by atoms with Gasteiger partial charge in [-0.1, -0.05) is 30.3 Å². The van der Waals surface area contributed by atoms with Crippen LogP contribution in [0, 0.1) is 0 Å². The lowest BCUT2D eigenvalue weighted by Gasteiger charge is -2.27. The zero-order valence-corrected chi connectivity index (χ0v) is 9.13. The highest BCUT2D eigenvalue weighted by Gasteiger charge is 2.13. The van der Waals surface area contributed by atoms with E-state index in [0.29, 0.717) is 13.1 Å². The van der Waals surface area contributed by atoms with E-state index in [4.69, 9.17) is 10.2 Å². The largest absolute Gasteiger partial charge is 0.395 e. The summed E-state index contributed by atoms with van der Waals surface area (Å²) in [5.74, 6) is 0. The molecule has 0 bridgehead atoms. The van der Waals surface area contributed by atoms with Gasteiger partial charge in [0, 0.05) is 19.1 Å². The topological polar surface area (TPSA) is 43.7 Å². The molecular weight excluding hydrogens is 190 g/mol. The maximum atomic E-state index is 8.94. The molecule has 1 aromatic rings. The molecule has 0 aliphatic heterocycles. The summed E-state index contributed by atoms with van der Waals surface area (Å²) in [6.45, 7) is 3.52. The summed E-state index contributed by atoms with van der Waals surface area (Å²) < 4.78 is 0. The fourth-order valence-corrected chi connectivity index (χ4v) is 1.70. The van der Waals surface area contributed by atoms with Gasteiger partial charge in [-0.05, 0) is 12.5 Å². The van der Waals surface area contributed by atoms with Crippen LogP contribution >= 0.6 is 0 Å². The monoisotopic (exact) mass is 209 g/mol. The summed E-state index contributed by atoms with van der Waals surface area (Å²) in [5.41, 5.74) is 1.21. The van der Waals surface area contributed by atoms with Crippen molar-refractivity contribution in [1.82, 2.24) is 4.90 Å². The van der Waals surface area contributed by atoms with Gasteiger partial charge in [-0.25, -0.2) is 0 Å². The number of rotatable bonds is 6. The minimum atomic E-state index is 0.122. The Kier molecular flexibility index (Phi) is 5.32. The summed E-state index contributed by atoms with van der Waals surface area (Å²) in [7, 11) is 0. The molecule has 84 valence electrons. The SMILES string of the molecule is C[C@@H](c1ccccc1)N(CCO)CCO. The van der Waals surface area contributed by atoms with Crippen molar-refractivity contribution in [2.24, 2.45) is 0 Å². The first-order valence-corrected chi connectivity index (χ1v) is 5.30. The van der Waals surface area contributed by atoms with E-state index >= 15 is 0 Å². The van der Waals surface area contributed by atoms with E-state index in [1.165, 1.54) is 5.56 Å². The predicted octanol–water partition coefficient (Wildman–Crippen LogP) is 1.03. The molecule has 0 amide bonds. The Morgan fingerprint density at radius 1 is 1.07 bits per heavy atom. The molecule has 2 N–H and O–H groups in total. The van der Waals surface area contributed by atoms with Crippen LogP contribution in [0.4, 0.5) is 0 Å². The van der Waals surface area contributed by atoms with Crippen molar-refractivity contribution in [3.8, 4) is 0 Å². The summed E-state index contributed by atoms with van der Waals surface area (Å²) in [4.78, 5) is 2.06. The maximum absolute atomic E-state index is 8.94. The molecule has 3 heteroatoms. The van der Waals surface area contributed by atoms with Crippen molar-refractivity contribution >= 4 is 0 Å². The molecule has 0 saturated heterocycles. The molecule has 0 aromatic heterocycles. The molecule has 1 rings (SSSR count). The number of benzene rings is 1. The van der Waals surface area contributed by atoms with Crippen molar-refractivity contribution in [3.63, 3.8) is 0 Å². The van der Waals surface area contributed by atoms with Crippen LogP contribution in [0.5, 0.6) is 0 Å². The molecule has 0 aliphatic carbocycles. The first kappa shape index (κ1) is 12.2. The van der Waals surface area contributed by atoms with E-state index in [-0.39, 0.29) is 19.3 Å². The Labute approximate surface area is 91.0 Å². The van der Waals surface area contributed by atoms with Crippen LogP contribution in [0.15, 0.2) is 30.3 Å². The van der Waals surface area contributed by atoms with Crippen LogP contribution in [0.3, 0.4) is 0 Å². The molecule has 0 unspecified atom stereocenters. The molecule has 0 spiro atoms. The molecule has 0 radical (unpaired) electrons. The lowest BCUT2D eigenvalue weighted by molar-refractivity contribution is 0.129. The molecule has 0 heterocycles. The molecule has 0 aliphatic rings. The lowest BCUT2D eigenvalue weighted by Crippen LogP contribution is -2.32. The highest BCUT2D eigenvalue weighted by atomic mass is 16.3. The second-order valence-corrected chi connectivity index (χ2v) is 3.57. The first-order valence-electron chi connectivity index (χ1n) is 5.30. The number of aliphatic hydroxyl groups is 2. The highest BCUT2D eigenvalue weighted by molar-refractivity contribution is 5.18. The average Bonchev–Trinajstić information content (AvgIpc) is 2.29. The third kappa shape index (κ3) is 3.63. The van der Waals surface area contributed by atoms with Crippen LogP contribution < -0.4 is 0 Å². The molecule has 1 aromatic carbocycles. The normalized spacial score (nSPS) is 13.1. The van der Waals surface area contributed by atoms with Crippen molar-refractivity contribution in [3.05, 3.63) is 35.9 Å². The maximum Gasteiger partial charge on any atom is 0.0558 e. The van der Waals surface area contributed by atoms with Gasteiger partial charge >= 0.3 is 0 Å². The number of hydrogen-bond acceptors (Lipinski definition) is 3. The van der Waals surface area contributed by atoms with Gasteiger partial charge in [0.15, 0.2) is 0 Å². The summed E-state index contributed by atoms with van der Waals surface area (Å²) in [6.07, 6.45) is 0. The number of hydrogen-bond donors (Lipinski definition) is 2. The Bertz CT molecular complexity index is 258. The Balaban J connectivity index is 2.67. The predicted molar refractivity (Wildman–Crippen MR) is 60.6 cm³/mol. The number of aliphatic hydroxyl groups excluding tert-OH is 2. The van der Waals surface area contributed by atoms with Gasteiger partial charge in [-0.15, -0.1) is 0 Å². The third-order valence-electron chi connectivity index (χ3n) is 2.60. The standard InChI is InChI=1S/C12H19NO2/c1-11(12-5-3-2-4-6-12)13(7-9-14)8-10-15/h2-6,11,14-15H,7-10H2,1H3/t11-/m0/s1. The second kappa shape index (κ2) is 6.56. The van der Waals surface area contributed by atoms with E-state index in [1.807, 2.05) is 18.2 Å². The van der Waals surface area contributed by atoms with Crippen molar-refractivity contribution < 1.29 is 10.2 Å². The van der Waals surface area contributed by atoms with Crippen LogP contribution in [0.25, 0.3) is 0 Å². The molecule has 1 atom stereocenters. The van der Waals surface area contributed by atoms with Gasteiger partial charge in [-0.2, -0.15) is 0 Å². The van der Waals surface area contributed by atoms with Crippen molar-refractivity contribution in [2.75, 3.05) is 26.3 Å². The first-order chi connectivity index (χ1) is 7.29. The Hall–Kier alpha value is -0.900. The fourth-order valence-electron chi connectivity index (χ4n) is 1.70. The van der Waals surface area contributed by atoms with Gasteiger partial charge in [0.05, 0.1) is 13.2 Å². The van der Waals surface area contributed by atoms with Gasteiger partial charge in [0.25, 0.3) is 0 Å². The minimum Gasteiger partial charge on any atom is -0.395 e. The van der Waals surface area contributed by atoms with E-state index in [2.05, 4.69) is 24.0 Å². The quantitative estimate of drug-likeness (QED) is 0.735. The van der Waals surface area contributed by atoms with Crippen LogP contribution in [-0.4, -0.2) is 41.4 Å². The average molecular weight is 209 g/mol. The van der Waals surface area contributed by atoms with E-state index in [1.54, 1.807) is 0 Å². The molecule has 3 nitrogen and oxygen atoms in total. The highest BCUT2D eigenvalue weighted by Crippen LogP contribution is 2.18. The minimum absolute atomic E-state index is 0.122. The third-order valence-corrected chi connectivity index (χ3v) is 2.60. The van der Waals surface area contributed by atoms with Gasteiger partial charge in [0.2, 0.25) is 0 Å². The lowest BCUT2D eigenvalue weighted by atomic mass is 10.1. The van der Waals surface area contributed by atoms with Crippen LogP contribution in [0.2, 0.25) is 0 Å². The van der Waals surface area contributed by atoms with Gasteiger partial charge in [0.1, 0.15) is 0 Å². The Morgan fingerprint density at radius 2 is 1.60 bits per heavy atom. The summed E-state index contributed by atoms with van der Waals surface area (Å²) in [5, 5.41) is 17.9. The van der Waals surface area contributed by atoms with Crippen LogP contribution in [0.1, 0.15) is 18.5 Å².